The number of benzene rings is 3. The van der Waals surface area contributed by atoms with Gasteiger partial charge in [-0.3, -0.25) is 14.5 Å². The van der Waals surface area contributed by atoms with Crippen molar-refractivity contribution in [2.24, 2.45) is 4.99 Å². The van der Waals surface area contributed by atoms with E-state index in [9.17, 15) is 9.59 Å². The van der Waals surface area contributed by atoms with E-state index in [0.29, 0.717) is 33.1 Å². The van der Waals surface area contributed by atoms with Gasteiger partial charge in [0.05, 0.1) is 12.2 Å². The molecule has 3 aromatic carbocycles. The Labute approximate surface area is 200 Å². The van der Waals surface area contributed by atoms with Gasteiger partial charge in [-0.15, -0.1) is 0 Å². The van der Waals surface area contributed by atoms with Crippen LogP contribution in [0.1, 0.15) is 12.0 Å². The number of amidine groups is 1. The van der Waals surface area contributed by atoms with E-state index in [4.69, 9.17) is 23.2 Å². The molecular weight excluding hydrogens is 465 g/mol. The summed E-state index contributed by atoms with van der Waals surface area (Å²) >= 11 is 13.3. The maximum absolute atomic E-state index is 13.1. The molecule has 0 aliphatic carbocycles. The summed E-state index contributed by atoms with van der Waals surface area (Å²) in [7, 11) is 0. The highest BCUT2D eigenvalue weighted by Gasteiger charge is 2.36. The topological polar surface area (TPSA) is 61.8 Å². The molecule has 32 heavy (non-hydrogen) atoms. The SMILES string of the molecule is O=C(Nc1cc(Cl)cc(Cl)c1)C1CC(=O)N(Cc2ccccc2)C(=Nc2ccccc2)S1. The second-order valence-electron chi connectivity index (χ2n) is 7.15. The number of nitrogens with zero attached hydrogens (tertiary/aromatic N) is 2. The van der Waals surface area contributed by atoms with E-state index < -0.39 is 5.25 Å². The van der Waals surface area contributed by atoms with E-state index in [1.807, 2.05) is 60.7 Å². The van der Waals surface area contributed by atoms with E-state index in [0.717, 1.165) is 5.56 Å². The van der Waals surface area contributed by atoms with Crippen molar-refractivity contribution in [3.05, 3.63) is 94.5 Å². The molecule has 1 saturated heterocycles. The lowest BCUT2D eigenvalue weighted by Crippen LogP contribution is -2.44. The Kier molecular flexibility index (Phi) is 7.15. The first-order valence-electron chi connectivity index (χ1n) is 9.89. The molecule has 1 aliphatic rings. The second kappa shape index (κ2) is 10.2. The quantitative estimate of drug-likeness (QED) is 0.472. The molecule has 162 valence electrons. The van der Waals surface area contributed by atoms with Gasteiger partial charge in [-0.05, 0) is 35.9 Å². The van der Waals surface area contributed by atoms with Crippen LogP contribution in [0, 0.1) is 0 Å². The lowest BCUT2D eigenvalue weighted by atomic mass is 10.2. The number of hydrogen-bond acceptors (Lipinski definition) is 4. The summed E-state index contributed by atoms with van der Waals surface area (Å²) in [6.07, 6.45) is 0.0610. The van der Waals surface area contributed by atoms with Crippen molar-refractivity contribution in [2.45, 2.75) is 18.2 Å². The van der Waals surface area contributed by atoms with E-state index in [1.165, 1.54) is 11.8 Å². The smallest absolute Gasteiger partial charge is 0.238 e. The largest absolute Gasteiger partial charge is 0.325 e. The van der Waals surface area contributed by atoms with Crippen molar-refractivity contribution >= 4 is 63.3 Å². The molecule has 1 aliphatic heterocycles. The highest BCUT2D eigenvalue weighted by molar-refractivity contribution is 8.15. The van der Waals surface area contributed by atoms with E-state index in [1.54, 1.807) is 23.1 Å². The Bertz CT molecular complexity index is 1140. The molecule has 0 radical (unpaired) electrons. The summed E-state index contributed by atoms with van der Waals surface area (Å²) in [5.74, 6) is -0.464. The van der Waals surface area contributed by atoms with Crippen molar-refractivity contribution in [1.82, 2.24) is 4.90 Å². The fourth-order valence-corrected chi connectivity index (χ4v) is 4.85. The molecule has 0 bridgehead atoms. The zero-order chi connectivity index (χ0) is 22.5. The summed E-state index contributed by atoms with van der Waals surface area (Å²) in [6, 6.07) is 23.9. The van der Waals surface area contributed by atoms with Gasteiger partial charge in [0, 0.05) is 22.2 Å². The lowest BCUT2D eigenvalue weighted by molar-refractivity contribution is -0.129. The number of aliphatic imine (C=N–C) groups is 1. The first-order valence-corrected chi connectivity index (χ1v) is 11.5. The van der Waals surface area contributed by atoms with E-state index in [-0.39, 0.29) is 18.2 Å². The first kappa shape index (κ1) is 22.4. The minimum atomic E-state index is -0.630. The van der Waals surface area contributed by atoms with Gasteiger partial charge in [0.2, 0.25) is 11.8 Å². The monoisotopic (exact) mass is 483 g/mol. The van der Waals surface area contributed by atoms with Crippen LogP contribution in [0.25, 0.3) is 0 Å². The van der Waals surface area contributed by atoms with Crippen molar-refractivity contribution in [3.8, 4) is 0 Å². The molecule has 1 fully saturated rings. The van der Waals surface area contributed by atoms with Gasteiger partial charge in [-0.2, -0.15) is 0 Å². The predicted octanol–water partition coefficient (Wildman–Crippen LogP) is 6.15. The standard InChI is InChI=1S/C24H19Cl2N3O2S/c25-17-11-18(26)13-20(12-17)27-23(31)21-14-22(30)29(15-16-7-3-1-4-8-16)24(32-21)28-19-9-5-2-6-10-19/h1-13,21H,14-15H2,(H,27,31). The van der Waals surface area contributed by atoms with E-state index >= 15 is 0 Å². The first-order chi connectivity index (χ1) is 15.5. The molecular formula is C24H19Cl2N3O2S. The molecule has 4 rings (SSSR count). The minimum Gasteiger partial charge on any atom is -0.325 e. The van der Waals surface area contributed by atoms with Crippen molar-refractivity contribution in [1.29, 1.82) is 0 Å². The summed E-state index contributed by atoms with van der Waals surface area (Å²) < 4.78 is 0. The number of rotatable bonds is 5. The third-order valence-corrected chi connectivity index (χ3v) is 6.35. The van der Waals surface area contributed by atoms with Gasteiger partial charge >= 0.3 is 0 Å². The lowest BCUT2D eigenvalue weighted by Gasteiger charge is -2.32. The number of thioether (sulfide) groups is 1. The Morgan fingerprint density at radius 3 is 2.28 bits per heavy atom. The fraction of sp³-hybridized carbons (Fsp3) is 0.125. The Morgan fingerprint density at radius 1 is 1.00 bits per heavy atom. The molecule has 5 nitrogen and oxygen atoms in total. The molecule has 1 N–H and O–H groups in total. The summed E-state index contributed by atoms with van der Waals surface area (Å²) in [6.45, 7) is 0.385. The summed E-state index contributed by atoms with van der Waals surface area (Å²) in [4.78, 5) is 32.3. The number of halogens is 2. The number of nitrogens with one attached hydrogen (secondary N) is 1. The molecule has 0 spiro atoms. The van der Waals surface area contributed by atoms with Crippen molar-refractivity contribution in [3.63, 3.8) is 0 Å². The van der Waals surface area contributed by atoms with Crippen molar-refractivity contribution < 1.29 is 9.59 Å². The average Bonchev–Trinajstić information content (AvgIpc) is 2.76. The summed E-state index contributed by atoms with van der Waals surface area (Å²) in [5.41, 5.74) is 2.18. The van der Waals surface area contributed by atoms with Crippen LogP contribution in [-0.2, 0) is 16.1 Å². The third-order valence-electron chi connectivity index (χ3n) is 4.73. The average molecular weight is 484 g/mol. The van der Waals surface area contributed by atoms with Crippen LogP contribution in [0.5, 0.6) is 0 Å². The van der Waals surface area contributed by atoms with Crippen LogP contribution in [-0.4, -0.2) is 27.1 Å². The Hall–Kier alpha value is -2.80. The predicted molar refractivity (Wildman–Crippen MR) is 132 cm³/mol. The Morgan fingerprint density at radius 2 is 1.62 bits per heavy atom. The van der Waals surface area contributed by atoms with Gasteiger partial charge in [-0.25, -0.2) is 4.99 Å². The second-order valence-corrected chi connectivity index (χ2v) is 9.20. The van der Waals surface area contributed by atoms with Crippen LogP contribution in [0.15, 0.2) is 83.9 Å². The number of carbonyl (C=O) groups is 2. The van der Waals surface area contributed by atoms with Crippen LogP contribution in [0.2, 0.25) is 10.0 Å². The molecule has 0 saturated carbocycles. The van der Waals surface area contributed by atoms with Crippen LogP contribution < -0.4 is 5.32 Å². The normalized spacial score (nSPS) is 17.4. The van der Waals surface area contributed by atoms with Gasteiger partial charge in [0.25, 0.3) is 0 Å². The molecule has 2 amide bonds. The maximum Gasteiger partial charge on any atom is 0.238 e. The molecule has 3 aromatic rings. The molecule has 1 atom stereocenters. The highest BCUT2D eigenvalue weighted by atomic mass is 35.5. The van der Waals surface area contributed by atoms with Crippen molar-refractivity contribution in [2.75, 3.05) is 5.32 Å². The molecule has 1 heterocycles. The number of hydrogen-bond donors (Lipinski definition) is 1. The van der Waals surface area contributed by atoms with Gasteiger partial charge in [0.15, 0.2) is 5.17 Å². The number of carbonyl (C=O) groups excluding carboxylic acids is 2. The molecule has 0 aromatic heterocycles. The fourth-order valence-electron chi connectivity index (χ4n) is 3.22. The number of para-hydroxylation sites is 1. The van der Waals surface area contributed by atoms with Crippen LogP contribution in [0.3, 0.4) is 0 Å². The molecule has 1 unspecified atom stereocenters. The Balaban J connectivity index is 1.58. The zero-order valence-electron chi connectivity index (χ0n) is 16.9. The third kappa shape index (κ3) is 5.71. The highest BCUT2D eigenvalue weighted by Crippen LogP contribution is 2.31. The zero-order valence-corrected chi connectivity index (χ0v) is 19.2. The van der Waals surface area contributed by atoms with Crippen LogP contribution in [0.4, 0.5) is 11.4 Å². The van der Waals surface area contributed by atoms with Gasteiger partial charge < -0.3 is 5.32 Å². The number of amides is 2. The molecule has 8 heteroatoms. The minimum absolute atomic E-state index is 0.0610. The van der Waals surface area contributed by atoms with Gasteiger partial charge in [0.1, 0.15) is 5.25 Å². The summed E-state index contributed by atoms with van der Waals surface area (Å²) in [5, 5.41) is 3.50. The number of anilines is 1. The van der Waals surface area contributed by atoms with Gasteiger partial charge in [-0.1, -0.05) is 83.5 Å². The maximum atomic E-state index is 13.1. The van der Waals surface area contributed by atoms with E-state index in [2.05, 4.69) is 10.3 Å². The van der Waals surface area contributed by atoms with Crippen LogP contribution >= 0.6 is 35.0 Å².